The fraction of sp³-hybridized carbons (Fsp3) is 0.435. The zero-order valence-corrected chi connectivity index (χ0v) is 18.2. The van der Waals surface area contributed by atoms with E-state index < -0.39 is 0 Å². The molecule has 156 valence electrons. The quantitative estimate of drug-likeness (QED) is 0.545. The molecule has 0 spiro atoms. The van der Waals surface area contributed by atoms with Gasteiger partial charge in [0.05, 0.1) is 11.3 Å². The number of nitrogen functional groups attached to an aromatic ring is 1. The standard InChI is InChI=1S/C23H33N5O/c1-6-28(15-23(2,3)14-27(4)5)13-16-7-8-20-17(9-16)10-21(26-20)19-11-18(24)12-25-22(19)29/h7-12,26H,6,13-15,24H2,1-5H3,(H,25,29). The van der Waals surface area contributed by atoms with Gasteiger partial charge in [-0.1, -0.05) is 26.8 Å². The predicted molar refractivity (Wildman–Crippen MR) is 122 cm³/mol. The first-order chi connectivity index (χ1) is 13.7. The van der Waals surface area contributed by atoms with Crippen molar-refractivity contribution in [3.05, 3.63) is 52.4 Å². The summed E-state index contributed by atoms with van der Waals surface area (Å²) < 4.78 is 0. The largest absolute Gasteiger partial charge is 0.398 e. The Morgan fingerprint density at radius 3 is 2.55 bits per heavy atom. The summed E-state index contributed by atoms with van der Waals surface area (Å²) in [7, 11) is 4.25. The molecule has 6 heteroatoms. The van der Waals surface area contributed by atoms with Gasteiger partial charge in [0.15, 0.2) is 0 Å². The maximum Gasteiger partial charge on any atom is 0.257 e. The molecule has 0 saturated heterocycles. The average molecular weight is 396 g/mol. The molecule has 2 heterocycles. The third-order valence-corrected chi connectivity index (χ3v) is 5.15. The maximum atomic E-state index is 12.2. The maximum absolute atomic E-state index is 12.2. The van der Waals surface area contributed by atoms with E-state index >= 15 is 0 Å². The highest BCUT2D eigenvalue weighted by atomic mass is 16.1. The average Bonchev–Trinajstić information content (AvgIpc) is 3.04. The number of hydrogen-bond donors (Lipinski definition) is 3. The normalized spacial score (nSPS) is 12.4. The first kappa shape index (κ1) is 21.1. The number of aromatic amines is 2. The van der Waals surface area contributed by atoms with Crippen LogP contribution in [-0.4, -0.2) is 53.5 Å². The molecule has 1 aromatic carbocycles. The molecule has 4 N–H and O–H groups in total. The van der Waals surface area contributed by atoms with E-state index in [0.29, 0.717) is 11.3 Å². The second-order valence-electron chi connectivity index (χ2n) is 8.99. The molecule has 6 nitrogen and oxygen atoms in total. The van der Waals surface area contributed by atoms with E-state index in [1.807, 2.05) is 6.07 Å². The first-order valence-electron chi connectivity index (χ1n) is 10.1. The molecule has 0 amide bonds. The molecular formula is C23H33N5O. The first-order valence-corrected chi connectivity index (χ1v) is 10.1. The number of aromatic nitrogens is 2. The lowest BCUT2D eigenvalue weighted by molar-refractivity contribution is 0.143. The molecule has 3 rings (SSSR count). The van der Waals surface area contributed by atoms with Crippen LogP contribution in [0.3, 0.4) is 0 Å². The van der Waals surface area contributed by atoms with Crippen LogP contribution in [0.1, 0.15) is 26.3 Å². The number of benzene rings is 1. The predicted octanol–water partition coefficient (Wildman–Crippen LogP) is 3.52. The van der Waals surface area contributed by atoms with Crippen LogP contribution in [0.4, 0.5) is 5.69 Å². The Hall–Kier alpha value is -2.57. The summed E-state index contributed by atoms with van der Waals surface area (Å²) in [6.07, 6.45) is 1.52. The number of hydrogen-bond acceptors (Lipinski definition) is 4. The van der Waals surface area contributed by atoms with Gasteiger partial charge in [0.25, 0.3) is 5.56 Å². The minimum absolute atomic E-state index is 0.147. The fourth-order valence-electron chi connectivity index (χ4n) is 4.18. The van der Waals surface area contributed by atoms with Crippen molar-refractivity contribution in [2.75, 3.05) is 39.5 Å². The van der Waals surface area contributed by atoms with Gasteiger partial charge in [-0.2, -0.15) is 0 Å². The highest BCUT2D eigenvalue weighted by Gasteiger charge is 2.22. The Morgan fingerprint density at radius 1 is 1.10 bits per heavy atom. The van der Waals surface area contributed by atoms with Crippen LogP contribution >= 0.6 is 0 Å². The Balaban J connectivity index is 1.82. The summed E-state index contributed by atoms with van der Waals surface area (Å²) in [5.74, 6) is 0. The SMILES string of the molecule is CCN(Cc1ccc2[nH]c(-c3cc(N)c[nH]c3=O)cc2c1)CC(C)(C)CN(C)C. The van der Waals surface area contributed by atoms with Crippen LogP contribution in [0.2, 0.25) is 0 Å². The van der Waals surface area contributed by atoms with Crippen molar-refractivity contribution in [2.24, 2.45) is 5.41 Å². The Morgan fingerprint density at radius 2 is 1.86 bits per heavy atom. The molecule has 0 unspecified atom stereocenters. The van der Waals surface area contributed by atoms with Gasteiger partial charge in [-0.15, -0.1) is 0 Å². The summed E-state index contributed by atoms with van der Waals surface area (Å²) in [5, 5.41) is 1.10. The molecule has 3 aromatic rings. The van der Waals surface area contributed by atoms with Gasteiger partial charge in [0.2, 0.25) is 0 Å². The van der Waals surface area contributed by atoms with E-state index in [1.54, 1.807) is 6.07 Å². The lowest BCUT2D eigenvalue weighted by Gasteiger charge is -2.34. The van der Waals surface area contributed by atoms with Crippen LogP contribution in [0.25, 0.3) is 22.2 Å². The Bertz CT molecular complexity index is 1030. The second kappa shape index (κ2) is 8.43. The fourth-order valence-corrected chi connectivity index (χ4v) is 4.18. The van der Waals surface area contributed by atoms with E-state index in [9.17, 15) is 4.79 Å². The van der Waals surface area contributed by atoms with Crippen molar-refractivity contribution in [1.82, 2.24) is 19.8 Å². The molecule has 29 heavy (non-hydrogen) atoms. The van der Waals surface area contributed by atoms with Gasteiger partial charge in [-0.25, -0.2) is 0 Å². The Kier molecular flexibility index (Phi) is 6.15. The second-order valence-corrected chi connectivity index (χ2v) is 8.99. The van der Waals surface area contributed by atoms with Crippen LogP contribution in [0.5, 0.6) is 0 Å². The number of rotatable bonds is 8. The number of pyridine rings is 1. The van der Waals surface area contributed by atoms with Crippen molar-refractivity contribution in [2.45, 2.75) is 27.3 Å². The summed E-state index contributed by atoms with van der Waals surface area (Å²) in [4.78, 5) is 22.9. The lowest BCUT2D eigenvalue weighted by atomic mass is 9.92. The monoisotopic (exact) mass is 395 g/mol. The molecule has 0 saturated carbocycles. The molecule has 0 bridgehead atoms. The highest BCUT2D eigenvalue weighted by Crippen LogP contribution is 2.25. The molecular weight excluding hydrogens is 362 g/mol. The minimum atomic E-state index is -0.147. The smallest absolute Gasteiger partial charge is 0.257 e. The van der Waals surface area contributed by atoms with E-state index in [2.05, 4.69) is 72.8 Å². The van der Waals surface area contributed by atoms with Crippen molar-refractivity contribution >= 4 is 16.6 Å². The van der Waals surface area contributed by atoms with Crippen molar-refractivity contribution in [1.29, 1.82) is 0 Å². The van der Waals surface area contributed by atoms with Crippen LogP contribution in [0.15, 0.2) is 41.3 Å². The number of anilines is 1. The van der Waals surface area contributed by atoms with Gasteiger partial charge < -0.3 is 20.6 Å². The van der Waals surface area contributed by atoms with Gasteiger partial charge in [0.1, 0.15) is 0 Å². The number of nitrogens with zero attached hydrogens (tertiary/aromatic N) is 2. The number of fused-ring (bicyclic) bond motifs is 1. The molecule has 2 aromatic heterocycles. The molecule has 0 aliphatic carbocycles. The number of nitrogens with one attached hydrogen (secondary N) is 2. The summed E-state index contributed by atoms with van der Waals surface area (Å²) >= 11 is 0. The Labute approximate surface area is 172 Å². The lowest BCUT2D eigenvalue weighted by Crippen LogP contribution is -2.39. The van der Waals surface area contributed by atoms with Crippen LogP contribution in [-0.2, 0) is 6.54 Å². The van der Waals surface area contributed by atoms with Crippen LogP contribution in [0, 0.1) is 5.41 Å². The zero-order valence-electron chi connectivity index (χ0n) is 18.2. The topological polar surface area (TPSA) is 81.1 Å². The molecule has 0 radical (unpaired) electrons. The van der Waals surface area contributed by atoms with E-state index in [4.69, 9.17) is 5.73 Å². The van der Waals surface area contributed by atoms with Crippen LogP contribution < -0.4 is 11.3 Å². The third-order valence-electron chi connectivity index (χ3n) is 5.15. The summed E-state index contributed by atoms with van der Waals surface area (Å²) in [6.45, 7) is 10.9. The van der Waals surface area contributed by atoms with Crippen molar-refractivity contribution < 1.29 is 0 Å². The van der Waals surface area contributed by atoms with Crippen molar-refractivity contribution in [3.63, 3.8) is 0 Å². The zero-order chi connectivity index (χ0) is 21.2. The molecule has 0 atom stereocenters. The van der Waals surface area contributed by atoms with Crippen molar-refractivity contribution in [3.8, 4) is 11.3 Å². The van der Waals surface area contributed by atoms with E-state index in [1.165, 1.54) is 11.8 Å². The van der Waals surface area contributed by atoms with Gasteiger partial charge in [-0.05, 0) is 55.9 Å². The van der Waals surface area contributed by atoms with Gasteiger partial charge in [0, 0.05) is 42.4 Å². The molecule has 0 aliphatic heterocycles. The van der Waals surface area contributed by atoms with Gasteiger partial charge in [-0.3, -0.25) is 9.69 Å². The van der Waals surface area contributed by atoms with E-state index in [-0.39, 0.29) is 11.0 Å². The highest BCUT2D eigenvalue weighted by molar-refractivity contribution is 5.86. The number of H-pyrrole nitrogens is 2. The number of nitrogens with two attached hydrogens (primary N) is 1. The molecule has 0 fully saturated rings. The minimum Gasteiger partial charge on any atom is -0.398 e. The summed E-state index contributed by atoms with van der Waals surface area (Å²) in [6, 6.07) is 10.2. The van der Waals surface area contributed by atoms with Gasteiger partial charge >= 0.3 is 0 Å². The molecule has 0 aliphatic rings. The van der Waals surface area contributed by atoms with E-state index in [0.717, 1.165) is 42.8 Å². The third kappa shape index (κ3) is 5.28. The summed E-state index contributed by atoms with van der Waals surface area (Å²) in [5.41, 5.74) is 10.1.